The van der Waals surface area contributed by atoms with Crippen LogP contribution in [0.3, 0.4) is 0 Å². The molecule has 0 saturated heterocycles. The van der Waals surface area contributed by atoms with Crippen molar-refractivity contribution in [1.82, 2.24) is 15.6 Å². The van der Waals surface area contributed by atoms with Gasteiger partial charge in [-0.1, -0.05) is 29.8 Å². The van der Waals surface area contributed by atoms with Gasteiger partial charge >= 0.3 is 0 Å². The van der Waals surface area contributed by atoms with Gasteiger partial charge in [-0.15, -0.1) is 0 Å². The van der Waals surface area contributed by atoms with E-state index < -0.39 is 0 Å². The Morgan fingerprint density at radius 2 is 1.70 bits per heavy atom. The second-order valence-corrected chi connectivity index (χ2v) is 5.90. The number of hydrogen-bond acceptors (Lipinski definition) is 3. The normalized spacial score (nSPS) is 13.4. The Morgan fingerprint density at radius 1 is 1.04 bits per heavy atom. The molecule has 5 nitrogen and oxygen atoms in total. The highest BCUT2D eigenvalue weighted by Gasteiger charge is 2.24. The van der Waals surface area contributed by atoms with E-state index in [1.54, 1.807) is 30.3 Å². The van der Waals surface area contributed by atoms with Crippen molar-refractivity contribution in [3.63, 3.8) is 0 Å². The summed E-state index contributed by atoms with van der Waals surface area (Å²) in [7, 11) is 0. The standard InChI is InChI=1S/C17H16ClN3O2/c18-12-6-4-11(5-7-12)10-19-16(22)14-2-1-3-15(21-14)17(23)20-13-8-9-13/h1-7,13H,8-10H2,(H,19,22)(H,20,23). The number of amides is 2. The highest BCUT2D eigenvalue weighted by molar-refractivity contribution is 6.30. The monoisotopic (exact) mass is 329 g/mol. The third-order valence-electron chi connectivity index (χ3n) is 3.49. The van der Waals surface area contributed by atoms with Crippen molar-refractivity contribution in [2.24, 2.45) is 0 Å². The first-order chi connectivity index (χ1) is 11.1. The smallest absolute Gasteiger partial charge is 0.270 e. The third-order valence-corrected chi connectivity index (χ3v) is 3.75. The number of hydrogen-bond donors (Lipinski definition) is 2. The lowest BCUT2D eigenvalue weighted by atomic mass is 10.2. The Labute approximate surface area is 139 Å². The largest absolute Gasteiger partial charge is 0.348 e. The van der Waals surface area contributed by atoms with Gasteiger partial charge < -0.3 is 10.6 Å². The summed E-state index contributed by atoms with van der Waals surface area (Å²) >= 11 is 5.82. The molecular formula is C17H16ClN3O2. The average molecular weight is 330 g/mol. The van der Waals surface area contributed by atoms with E-state index in [-0.39, 0.29) is 29.2 Å². The predicted molar refractivity (Wildman–Crippen MR) is 87.3 cm³/mol. The number of aromatic nitrogens is 1. The van der Waals surface area contributed by atoms with Gasteiger partial charge in [0.2, 0.25) is 0 Å². The molecule has 1 aliphatic rings. The van der Waals surface area contributed by atoms with Crippen molar-refractivity contribution < 1.29 is 9.59 Å². The molecule has 1 heterocycles. The summed E-state index contributed by atoms with van der Waals surface area (Å²) < 4.78 is 0. The first-order valence-electron chi connectivity index (χ1n) is 7.42. The van der Waals surface area contributed by atoms with Gasteiger partial charge in [0.15, 0.2) is 0 Å². The molecule has 118 valence electrons. The first-order valence-corrected chi connectivity index (χ1v) is 7.80. The lowest BCUT2D eigenvalue weighted by Gasteiger charge is -2.07. The van der Waals surface area contributed by atoms with E-state index in [9.17, 15) is 9.59 Å². The maximum atomic E-state index is 12.2. The van der Waals surface area contributed by atoms with Crippen LogP contribution < -0.4 is 10.6 Å². The minimum absolute atomic E-state index is 0.224. The van der Waals surface area contributed by atoms with E-state index in [0.717, 1.165) is 18.4 Å². The number of carbonyl (C=O) groups is 2. The summed E-state index contributed by atoms with van der Waals surface area (Å²) in [6.07, 6.45) is 2.01. The molecule has 2 amide bonds. The fourth-order valence-corrected chi connectivity index (χ4v) is 2.18. The molecule has 0 atom stereocenters. The number of rotatable bonds is 5. The fraction of sp³-hybridized carbons (Fsp3) is 0.235. The second-order valence-electron chi connectivity index (χ2n) is 5.46. The van der Waals surface area contributed by atoms with Gasteiger partial charge in [-0.25, -0.2) is 4.98 Å². The molecule has 23 heavy (non-hydrogen) atoms. The van der Waals surface area contributed by atoms with Crippen molar-refractivity contribution >= 4 is 23.4 Å². The van der Waals surface area contributed by atoms with Crippen LogP contribution in [0.15, 0.2) is 42.5 Å². The topological polar surface area (TPSA) is 71.1 Å². The molecule has 3 rings (SSSR count). The zero-order chi connectivity index (χ0) is 16.2. The minimum Gasteiger partial charge on any atom is -0.348 e. The van der Waals surface area contributed by atoms with Crippen LogP contribution in [0.1, 0.15) is 39.4 Å². The number of benzene rings is 1. The molecule has 2 N–H and O–H groups in total. The van der Waals surface area contributed by atoms with Crippen LogP contribution in [0.25, 0.3) is 0 Å². The van der Waals surface area contributed by atoms with E-state index in [0.29, 0.717) is 11.6 Å². The molecule has 6 heteroatoms. The number of carbonyl (C=O) groups excluding carboxylic acids is 2. The summed E-state index contributed by atoms with van der Waals surface area (Å²) in [6.45, 7) is 0.371. The zero-order valence-corrected chi connectivity index (χ0v) is 13.1. The molecular weight excluding hydrogens is 314 g/mol. The highest BCUT2D eigenvalue weighted by atomic mass is 35.5. The summed E-state index contributed by atoms with van der Waals surface area (Å²) in [4.78, 5) is 28.3. The molecule has 0 aliphatic heterocycles. The Balaban J connectivity index is 1.62. The maximum absolute atomic E-state index is 12.2. The number of nitrogens with one attached hydrogen (secondary N) is 2. The molecule has 0 bridgehead atoms. The molecule has 0 unspecified atom stereocenters. The van der Waals surface area contributed by atoms with Crippen LogP contribution in [0, 0.1) is 0 Å². The molecule has 2 aromatic rings. The van der Waals surface area contributed by atoms with E-state index in [1.165, 1.54) is 0 Å². The lowest BCUT2D eigenvalue weighted by Crippen LogP contribution is -2.28. The predicted octanol–water partition coefficient (Wildman–Crippen LogP) is 2.56. The Kier molecular flexibility index (Phi) is 4.57. The quantitative estimate of drug-likeness (QED) is 0.885. The SMILES string of the molecule is O=C(NCc1ccc(Cl)cc1)c1cccc(C(=O)NC2CC2)n1. The van der Waals surface area contributed by atoms with E-state index in [2.05, 4.69) is 15.6 Å². The summed E-state index contributed by atoms with van der Waals surface area (Å²) in [5.41, 5.74) is 1.42. The number of pyridine rings is 1. The van der Waals surface area contributed by atoms with E-state index in [1.807, 2.05) is 12.1 Å². The Hall–Kier alpha value is -2.40. The van der Waals surface area contributed by atoms with Gasteiger partial charge in [-0.3, -0.25) is 9.59 Å². The van der Waals surface area contributed by atoms with Crippen molar-refractivity contribution in [3.8, 4) is 0 Å². The molecule has 1 saturated carbocycles. The Morgan fingerprint density at radius 3 is 2.35 bits per heavy atom. The van der Waals surface area contributed by atoms with Crippen LogP contribution in [0.4, 0.5) is 0 Å². The van der Waals surface area contributed by atoms with Gasteiger partial charge in [0.1, 0.15) is 11.4 Å². The van der Waals surface area contributed by atoms with Gasteiger partial charge in [0.25, 0.3) is 11.8 Å². The van der Waals surface area contributed by atoms with Crippen molar-refractivity contribution in [2.75, 3.05) is 0 Å². The van der Waals surface area contributed by atoms with Gasteiger partial charge in [-0.2, -0.15) is 0 Å². The zero-order valence-electron chi connectivity index (χ0n) is 12.4. The number of nitrogens with zero attached hydrogens (tertiary/aromatic N) is 1. The minimum atomic E-state index is -0.318. The van der Waals surface area contributed by atoms with Crippen LogP contribution in [-0.2, 0) is 6.54 Å². The molecule has 1 aromatic carbocycles. The average Bonchev–Trinajstić information content (AvgIpc) is 3.38. The summed E-state index contributed by atoms with van der Waals surface area (Å²) in [5, 5.41) is 6.28. The van der Waals surface area contributed by atoms with Crippen LogP contribution in [-0.4, -0.2) is 22.8 Å². The van der Waals surface area contributed by atoms with Gasteiger partial charge in [0.05, 0.1) is 0 Å². The lowest BCUT2D eigenvalue weighted by molar-refractivity contribution is 0.0942. The van der Waals surface area contributed by atoms with E-state index >= 15 is 0 Å². The number of halogens is 1. The van der Waals surface area contributed by atoms with Crippen LogP contribution >= 0.6 is 11.6 Å². The molecule has 0 radical (unpaired) electrons. The van der Waals surface area contributed by atoms with Gasteiger partial charge in [0, 0.05) is 17.6 Å². The van der Waals surface area contributed by atoms with E-state index in [4.69, 9.17) is 11.6 Å². The van der Waals surface area contributed by atoms with Crippen LogP contribution in [0.5, 0.6) is 0 Å². The van der Waals surface area contributed by atoms with Crippen LogP contribution in [0.2, 0.25) is 5.02 Å². The van der Waals surface area contributed by atoms with Crippen molar-refractivity contribution in [3.05, 3.63) is 64.4 Å². The van der Waals surface area contributed by atoms with Crippen molar-refractivity contribution in [2.45, 2.75) is 25.4 Å². The summed E-state index contributed by atoms with van der Waals surface area (Å²) in [6, 6.07) is 12.3. The molecule has 1 aliphatic carbocycles. The molecule has 1 aromatic heterocycles. The molecule has 0 spiro atoms. The van der Waals surface area contributed by atoms with Gasteiger partial charge in [-0.05, 0) is 42.7 Å². The highest BCUT2D eigenvalue weighted by Crippen LogP contribution is 2.19. The van der Waals surface area contributed by atoms with Crippen molar-refractivity contribution in [1.29, 1.82) is 0 Å². The fourth-order valence-electron chi connectivity index (χ4n) is 2.05. The Bertz CT molecular complexity index is 727. The molecule has 1 fully saturated rings. The third kappa shape index (κ3) is 4.29. The second kappa shape index (κ2) is 6.79. The maximum Gasteiger partial charge on any atom is 0.270 e. The first kappa shape index (κ1) is 15.5. The summed E-state index contributed by atoms with van der Waals surface area (Å²) in [5.74, 6) is -0.555.